The molecule has 0 amide bonds. The molecule has 0 aliphatic carbocycles. The molecule has 0 spiro atoms. The van der Waals surface area contributed by atoms with Gasteiger partial charge >= 0.3 is 0 Å². The topological polar surface area (TPSA) is 101 Å². The normalized spacial score (nSPS) is 13.3. The van der Waals surface area contributed by atoms with Crippen LogP contribution in [0.2, 0.25) is 0 Å². The Bertz CT molecular complexity index is 1520. The van der Waals surface area contributed by atoms with E-state index >= 15 is 0 Å². The molecule has 5 rings (SSSR count). The van der Waals surface area contributed by atoms with Gasteiger partial charge in [-0.1, -0.05) is 17.7 Å². The Hall–Kier alpha value is -4.54. The second-order valence-electron chi connectivity index (χ2n) is 9.38. The molecule has 3 unspecified atom stereocenters. The Balaban J connectivity index is 1.18. The molecule has 0 bridgehead atoms. The Morgan fingerprint density at radius 2 is 0.650 bits per heavy atom. The number of quaternary nitrogens is 3. The number of ether oxygens (including phenoxy) is 2. The third-order valence-electron chi connectivity index (χ3n) is 6.40. The molecular formula is C32H29N3O5. The van der Waals surface area contributed by atoms with Gasteiger partial charge in [0.1, 0.15) is 51.4 Å². The molecule has 0 fully saturated rings. The summed E-state index contributed by atoms with van der Waals surface area (Å²) in [6.45, 7) is 2.02. The molecule has 40 heavy (non-hydrogen) atoms. The smallest absolute Gasteiger partial charge is 0.136 e. The van der Waals surface area contributed by atoms with Crippen LogP contribution in [0.25, 0.3) is 0 Å². The summed E-state index contributed by atoms with van der Waals surface area (Å²) in [7, 11) is 1.49. The molecular weight excluding hydrogens is 506 g/mol. The van der Waals surface area contributed by atoms with Gasteiger partial charge < -0.3 is 40.3 Å². The van der Waals surface area contributed by atoms with Crippen molar-refractivity contribution in [1.82, 2.24) is 0 Å². The van der Waals surface area contributed by atoms with E-state index < -0.39 is 0 Å². The lowest BCUT2D eigenvalue weighted by Gasteiger charge is -2.22. The molecule has 0 saturated heterocycles. The van der Waals surface area contributed by atoms with Crippen LogP contribution in [0.1, 0.15) is 5.56 Å². The minimum absolute atomic E-state index is 0.0452. The lowest BCUT2D eigenvalue weighted by molar-refractivity contribution is -0.751. The summed E-state index contributed by atoms with van der Waals surface area (Å²) in [4.78, 5) is 0. The van der Waals surface area contributed by atoms with Crippen molar-refractivity contribution in [3.05, 3.63) is 143 Å². The van der Waals surface area contributed by atoms with E-state index in [1.165, 1.54) is 7.05 Å². The number of rotatable bonds is 9. The maximum absolute atomic E-state index is 13.0. The highest BCUT2D eigenvalue weighted by molar-refractivity contribution is 5.47. The highest BCUT2D eigenvalue weighted by Gasteiger charge is 2.11. The molecule has 0 heterocycles. The molecule has 3 atom stereocenters. The van der Waals surface area contributed by atoms with Gasteiger partial charge in [0.15, 0.2) is 0 Å². The SMILES string of the molecule is Cc1ccc(Oc2ccc([NH+]([O-])c3ccc(Oc4ccc([NH+]([O-])c5ccc([NH+](C)[O-])cc5)cc4)cc3)cc2)cc1. The molecule has 5 aromatic rings. The summed E-state index contributed by atoms with van der Waals surface area (Å²) in [6.07, 6.45) is 0. The van der Waals surface area contributed by atoms with E-state index in [-0.39, 0.29) is 15.2 Å². The quantitative estimate of drug-likeness (QED) is 0.233. The van der Waals surface area contributed by atoms with Gasteiger partial charge in [-0.2, -0.15) is 0 Å². The van der Waals surface area contributed by atoms with Crippen LogP contribution >= 0.6 is 0 Å². The fraction of sp³-hybridized carbons (Fsp3) is 0.0625. The maximum atomic E-state index is 13.0. The molecule has 0 radical (unpaired) electrons. The molecule has 3 N–H and O–H groups in total. The van der Waals surface area contributed by atoms with Crippen LogP contribution in [0.5, 0.6) is 23.0 Å². The van der Waals surface area contributed by atoms with Crippen LogP contribution in [-0.4, -0.2) is 7.05 Å². The van der Waals surface area contributed by atoms with Crippen molar-refractivity contribution in [2.24, 2.45) is 0 Å². The van der Waals surface area contributed by atoms with Gasteiger partial charge in [0.25, 0.3) is 0 Å². The first kappa shape index (κ1) is 27.0. The Kier molecular flexibility index (Phi) is 8.18. The van der Waals surface area contributed by atoms with Crippen molar-refractivity contribution < 1.29 is 24.7 Å². The maximum Gasteiger partial charge on any atom is 0.136 e. The van der Waals surface area contributed by atoms with Crippen molar-refractivity contribution >= 4 is 28.4 Å². The van der Waals surface area contributed by atoms with Crippen LogP contribution in [-0.2, 0) is 0 Å². The second kappa shape index (κ2) is 12.1. The van der Waals surface area contributed by atoms with Gasteiger partial charge in [-0.25, -0.2) is 0 Å². The molecule has 5 aromatic carbocycles. The molecule has 0 aliphatic rings. The Labute approximate surface area is 232 Å². The molecule has 0 aliphatic heterocycles. The predicted octanol–water partition coefficient (Wildman–Crippen LogP) is 4.92. The Morgan fingerprint density at radius 1 is 0.400 bits per heavy atom. The van der Waals surface area contributed by atoms with E-state index in [4.69, 9.17) is 9.47 Å². The van der Waals surface area contributed by atoms with Gasteiger partial charge in [0.2, 0.25) is 0 Å². The van der Waals surface area contributed by atoms with Crippen LogP contribution in [0.15, 0.2) is 121 Å². The van der Waals surface area contributed by atoms with Crippen LogP contribution in [0, 0.1) is 22.5 Å². The average molecular weight is 536 g/mol. The summed E-state index contributed by atoms with van der Waals surface area (Å²) in [5.41, 5.74) is 3.84. The number of aryl methyl sites for hydroxylation is 1. The van der Waals surface area contributed by atoms with E-state index in [1.807, 2.05) is 31.2 Å². The van der Waals surface area contributed by atoms with Gasteiger partial charge in [-0.15, -0.1) is 0 Å². The highest BCUT2D eigenvalue weighted by atomic mass is 16.5. The van der Waals surface area contributed by atoms with Crippen LogP contribution < -0.4 is 24.7 Å². The summed E-state index contributed by atoms with van der Waals surface area (Å²) in [5, 5.41) is 36.9. The molecule has 0 saturated carbocycles. The number of nitrogens with one attached hydrogen (secondary N) is 3. The van der Waals surface area contributed by atoms with Crippen molar-refractivity contribution in [1.29, 1.82) is 0 Å². The van der Waals surface area contributed by atoms with Crippen molar-refractivity contribution in [2.45, 2.75) is 6.92 Å². The third-order valence-corrected chi connectivity index (χ3v) is 6.40. The van der Waals surface area contributed by atoms with Gasteiger partial charge in [0.05, 0.1) is 7.05 Å². The summed E-state index contributed by atoms with van der Waals surface area (Å²) >= 11 is 0. The average Bonchev–Trinajstić information content (AvgIpc) is 2.99. The zero-order chi connectivity index (χ0) is 28.1. The largest absolute Gasteiger partial charge is 0.629 e. The monoisotopic (exact) mass is 535 g/mol. The van der Waals surface area contributed by atoms with Crippen LogP contribution in [0.3, 0.4) is 0 Å². The zero-order valence-electron chi connectivity index (χ0n) is 22.1. The molecule has 202 valence electrons. The minimum atomic E-state index is -0.140. The fourth-order valence-electron chi connectivity index (χ4n) is 4.09. The first-order chi connectivity index (χ1) is 19.4. The van der Waals surface area contributed by atoms with E-state index in [2.05, 4.69) is 0 Å². The predicted molar refractivity (Wildman–Crippen MR) is 154 cm³/mol. The standard InChI is InChI=1S/C32H29N3O5/c1-23-3-15-29(16-4-23)39-30-17-11-27(12-18-30)35(38)28-13-21-32(22-14-28)40-31-19-9-26(10-20-31)34(37)25-7-5-24(6-8-25)33(2)36/h3-22,33-35H,1-2H3. The lowest BCUT2D eigenvalue weighted by atomic mass is 10.2. The summed E-state index contributed by atoms with van der Waals surface area (Å²) < 4.78 is 11.7. The first-order valence-electron chi connectivity index (χ1n) is 12.8. The van der Waals surface area contributed by atoms with E-state index in [9.17, 15) is 15.6 Å². The fourth-order valence-corrected chi connectivity index (χ4v) is 4.09. The first-order valence-corrected chi connectivity index (χ1v) is 12.8. The highest BCUT2D eigenvalue weighted by Crippen LogP contribution is 2.25. The summed E-state index contributed by atoms with van der Waals surface area (Å²) in [6, 6.07) is 35.2. The van der Waals surface area contributed by atoms with Crippen molar-refractivity contribution in [3.63, 3.8) is 0 Å². The number of hydrogen-bond acceptors (Lipinski definition) is 5. The minimum Gasteiger partial charge on any atom is -0.629 e. The van der Waals surface area contributed by atoms with Crippen molar-refractivity contribution in [3.8, 4) is 23.0 Å². The van der Waals surface area contributed by atoms with Crippen molar-refractivity contribution in [2.75, 3.05) is 7.05 Å². The van der Waals surface area contributed by atoms with E-state index in [1.54, 1.807) is 97.1 Å². The second-order valence-corrected chi connectivity index (χ2v) is 9.38. The molecule has 8 nitrogen and oxygen atoms in total. The van der Waals surface area contributed by atoms with Gasteiger partial charge in [0, 0.05) is 60.7 Å². The lowest BCUT2D eigenvalue weighted by Crippen LogP contribution is -2.98. The van der Waals surface area contributed by atoms with E-state index in [0.29, 0.717) is 45.7 Å². The number of benzene rings is 5. The number of hydroxylamine groups is 1. The Morgan fingerprint density at radius 3 is 0.950 bits per heavy atom. The molecule has 8 heteroatoms. The zero-order valence-corrected chi connectivity index (χ0v) is 22.1. The number of hydrogen-bond donors (Lipinski definition) is 3. The van der Waals surface area contributed by atoms with Gasteiger partial charge in [-0.3, -0.25) is 0 Å². The van der Waals surface area contributed by atoms with Gasteiger partial charge in [-0.05, 0) is 55.5 Å². The van der Waals surface area contributed by atoms with E-state index in [0.717, 1.165) is 11.3 Å². The van der Waals surface area contributed by atoms with Crippen LogP contribution in [0.4, 0.5) is 28.4 Å². The molecule has 0 aromatic heterocycles. The summed E-state index contributed by atoms with van der Waals surface area (Å²) in [5.74, 6) is 2.52. The third kappa shape index (κ3) is 6.53.